The predicted octanol–water partition coefficient (Wildman–Crippen LogP) is 3.41. The first-order chi connectivity index (χ1) is 15.2. The van der Waals surface area contributed by atoms with Crippen molar-refractivity contribution in [1.29, 1.82) is 0 Å². The van der Waals surface area contributed by atoms with E-state index in [4.69, 9.17) is 21.1 Å². The number of benzene rings is 2. The summed E-state index contributed by atoms with van der Waals surface area (Å²) in [6, 6.07) is 10.4. The van der Waals surface area contributed by atoms with E-state index in [9.17, 15) is 18.0 Å². The van der Waals surface area contributed by atoms with E-state index in [0.717, 1.165) is 4.31 Å². The maximum Gasteiger partial charge on any atom is 0.307 e. The Morgan fingerprint density at radius 3 is 2.47 bits per heavy atom. The van der Waals surface area contributed by atoms with Crippen LogP contribution in [0.4, 0.5) is 5.69 Å². The maximum atomic E-state index is 13.3. The summed E-state index contributed by atoms with van der Waals surface area (Å²) >= 11 is 6.13. The van der Waals surface area contributed by atoms with Gasteiger partial charge in [-0.1, -0.05) is 17.7 Å². The van der Waals surface area contributed by atoms with Crippen molar-refractivity contribution in [1.82, 2.24) is 5.32 Å². The molecule has 1 amide bonds. The molecule has 172 valence electrons. The van der Waals surface area contributed by atoms with Crippen LogP contribution in [0.2, 0.25) is 5.02 Å². The molecule has 0 heterocycles. The molecule has 0 radical (unpaired) electrons. The first-order valence-corrected chi connectivity index (χ1v) is 11.6. The second-order valence-electron chi connectivity index (χ2n) is 6.48. The number of esters is 1. The molecule has 1 N–H and O–H groups in total. The Bertz CT molecular complexity index is 1070. The number of halogens is 1. The average Bonchev–Trinajstić information content (AvgIpc) is 2.77. The van der Waals surface area contributed by atoms with Crippen LogP contribution < -0.4 is 14.4 Å². The van der Waals surface area contributed by atoms with E-state index in [1.807, 2.05) is 0 Å². The Morgan fingerprint density at radius 2 is 1.88 bits per heavy atom. The van der Waals surface area contributed by atoms with Crippen LogP contribution in [0.15, 0.2) is 60.0 Å². The summed E-state index contributed by atoms with van der Waals surface area (Å²) in [5.74, 6) is -0.469. The lowest BCUT2D eigenvalue weighted by molar-refractivity contribution is -0.142. The number of hydrogen-bond donors (Lipinski definition) is 1. The number of ether oxygens (including phenoxy) is 2. The Hall–Kier alpha value is -3.04. The van der Waals surface area contributed by atoms with Gasteiger partial charge in [0.15, 0.2) is 0 Å². The third-order valence-electron chi connectivity index (χ3n) is 4.35. The first-order valence-electron chi connectivity index (χ1n) is 9.75. The highest BCUT2D eigenvalue weighted by atomic mass is 35.5. The fraction of sp³-hybridized carbons (Fsp3) is 0.273. The predicted molar refractivity (Wildman–Crippen MR) is 123 cm³/mol. The van der Waals surface area contributed by atoms with Gasteiger partial charge in [-0.05, 0) is 49.4 Å². The maximum absolute atomic E-state index is 13.3. The number of amides is 1. The Morgan fingerprint density at radius 1 is 1.19 bits per heavy atom. The molecule has 0 aliphatic rings. The molecule has 0 bridgehead atoms. The van der Waals surface area contributed by atoms with E-state index in [-0.39, 0.29) is 41.6 Å². The molecule has 0 unspecified atom stereocenters. The number of rotatable bonds is 11. The lowest BCUT2D eigenvalue weighted by Crippen LogP contribution is -2.32. The number of nitrogens with zero attached hydrogens (tertiary/aromatic N) is 1. The second-order valence-corrected chi connectivity index (χ2v) is 8.74. The van der Waals surface area contributed by atoms with Crippen LogP contribution in [0.5, 0.6) is 5.75 Å². The smallest absolute Gasteiger partial charge is 0.307 e. The van der Waals surface area contributed by atoms with Gasteiger partial charge >= 0.3 is 5.97 Å². The topological polar surface area (TPSA) is 102 Å². The molecule has 0 saturated heterocycles. The largest absolute Gasteiger partial charge is 0.497 e. The number of carbonyl (C=O) groups excluding carboxylic acids is 2. The monoisotopic (exact) mass is 480 g/mol. The fourth-order valence-electron chi connectivity index (χ4n) is 2.78. The van der Waals surface area contributed by atoms with Gasteiger partial charge in [-0.25, -0.2) is 8.42 Å². The van der Waals surface area contributed by atoms with E-state index in [1.165, 1.54) is 31.4 Å². The van der Waals surface area contributed by atoms with E-state index < -0.39 is 21.9 Å². The molecular formula is C22H25ClN2O6S. The van der Waals surface area contributed by atoms with Gasteiger partial charge in [-0.3, -0.25) is 13.9 Å². The summed E-state index contributed by atoms with van der Waals surface area (Å²) < 4.78 is 37.8. The van der Waals surface area contributed by atoms with Crippen LogP contribution >= 0.6 is 11.6 Å². The quantitative estimate of drug-likeness (QED) is 0.390. The highest BCUT2D eigenvalue weighted by Gasteiger charge is 2.26. The van der Waals surface area contributed by atoms with E-state index in [2.05, 4.69) is 11.9 Å². The zero-order valence-corrected chi connectivity index (χ0v) is 19.4. The molecule has 0 aliphatic heterocycles. The van der Waals surface area contributed by atoms with Crippen LogP contribution in [-0.4, -0.2) is 47.1 Å². The van der Waals surface area contributed by atoms with E-state index in [1.54, 1.807) is 31.2 Å². The summed E-state index contributed by atoms with van der Waals surface area (Å²) in [7, 11) is -2.53. The van der Waals surface area contributed by atoms with Crippen molar-refractivity contribution in [2.45, 2.75) is 18.2 Å². The lowest BCUT2D eigenvalue weighted by Gasteiger charge is -2.23. The molecule has 32 heavy (non-hydrogen) atoms. The Balaban J connectivity index is 2.30. The van der Waals surface area contributed by atoms with Crippen LogP contribution in [-0.2, 0) is 19.6 Å². The zero-order chi connectivity index (χ0) is 23.7. The molecule has 8 nitrogen and oxygen atoms in total. The molecule has 2 rings (SSSR count). The molecule has 0 aliphatic carbocycles. The average molecular weight is 481 g/mol. The van der Waals surface area contributed by atoms with Crippen molar-refractivity contribution in [3.8, 4) is 5.75 Å². The van der Waals surface area contributed by atoms with Crippen LogP contribution in [0, 0.1) is 0 Å². The minimum Gasteiger partial charge on any atom is -0.497 e. The standard InChI is InChI=1S/C22H25ClN2O6S/c1-4-14-25(16-6-8-17(30-3)9-7-16)32(28,29)18-10-11-20(23)19(15-18)22(27)24-13-12-21(26)31-5-2/h4,6-11,15H,1,5,12-14H2,2-3H3,(H,24,27). The van der Waals surface area contributed by atoms with Gasteiger partial charge in [0.25, 0.3) is 15.9 Å². The van der Waals surface area contributed by atoms with Crippen molar-refractivity contribution in [2.75, 3.05) is 31.1 Å². The van der Waals surface area contributed by atoms with Gasteiger partial charge in [-0.2, -0.15) is 0 Å². The molecule has 2 aromatic rings. The number of sulfonamides is 1. The van der Waals surface area contributed by atoms with Gasteiger partial charge in [-0.15, -0.1) is 6.58 Å². The summed E-state index contributed by atoms with van der Waals surface area (Å²) in [5, 5.41) is 2.62. The molecule has 0 spiro atoms. The molecule has 2 aromatic carbocycles. The van der Waals surface area contributed by atoms with Crippen molar-refractivity contribution in [3.05, 3.63) is 65.7 Å². The van der Waals surface area contributed by atoms with Gasteiger partial charge in [0.1, 0.15) is 5.75 Å². The summed E-state index contributed by atoms with van der Waals surface area (Å²) in [5.41, 5.74) is 0.381. The highest BCUT2D eigenvalue weighted by Crippen LogP contribution is 2.28. The number of anilines is 1. The van der Waals surface area contributed by atoms with Crippen LogP contribution in [0.1, 0.15) is 23.7 Å². The minimum absolute atomic E-state index is 0.0123. The molecule has 10 heteroatoms. The molecule has 0 saturated carbocycles. The normalized spacial score (nSPS) is 10.8. The third kappa shape index (κ3) is 6.24. The van der Waals surface area contributed by atoms with Crippen molar-refractivity contribution in [2.24, 2.45) is 0 Å². The van der Waals surface area contributed by atoms with Crippen LogP contribution in [0.25, 0.3) is 0 Å². The number of carbonyl (C=O) groups is 2. The minimum atomic E-state index is -4.04. The van der Waals surface area contributed by atoms with Gasteiger partial charge in [0.2, 0.25) is 0 Å². The molecule has 0 fully saturated rings. The molecular weight excluding hydrogens is 456 g/mol. The third-order valence-corrected chi connectivity index (χ3v) is 6.47. The second kappa shape index (κ2) is 11.5. The fourth-order valence-corrected chi connectivity index (χ4v) is 4.45. The van der Waals surface area contributed by atoms with Gasteiger partial charge in [0.05, 0.1) is 47.9 Å². The Labute approximate surface area is 192 Å². The summed E-state index contributed by atoms with van der Waals surface area (Å²) in [6.07, 6.45) is 1.44. The molecule has 0 atom stereocenters. The van der Waals surface area contributed by atoms with Gasteiger partial charge < -0.3 is 14.8 Å². The van der Waals surface area contributed by atoms with E-state index in [0.29, 0.717) is 11.4 Å². The number of hydrogen-bond acceptors (Lipinski definition) is 6. The first kappa shape index (κ1) is 25.2. The molecule has 0 aromatic heterocycles. The zero-order valence-electron chi connectivity index (χ0n) is 17.8. The van der Waals surface area contributed by atoms with Gasteiger partial charge in [0, 0.05) is 6.54 Å². The van der Waals surface area contributed by atoms with E-state index >= 15 is 0 Å². The SMILES string of the molecule is C=CCN(c1ccc(OC)cc1)S(=O)(=O)c1ccc(Cl)c(C(=O)NCCC(=O)OCC)c1. The Kier molecular flexibility index (Phi) is 9.10. The number of methoxy groups -OCH3 is 1. The van der Waals surface area contributed by atoms with Crippen molar-refractivity contribution >= 4 is 39.2 Å². The van der Waals surface area contributed by atoms with Crippen LogP contribution in [0.3, 0.4) is 0 Å². The van der Waals surface area contributed by atoms with Crippen molar-refractivity contribution < 1.29 is 27.5 Å². The lowest BCUT2D eigenvalue weighted by atomic mass is 10.2. The summed E-state index contributed by atoms with van der Waals surface area (Å²) in [4.78, 5) is 23.8. The summed E-state index contributed by atoms with van der Waals surface area (Å²) in [6.45, 7) is 5.60. The number of nitrogens with one attached hydrogen (secondary N) is 1. The highest BCUT2D eigenvalue weighted by molar-refractivity contribution is 7.92. The van der Waals surface area contributed by atoms with Crippen molar-refractivity contribution in [3.63, 3.8) is 0 Å².